The van der Waals surface area contributed by atoms with Crippen molar-refractivity contribution in [2.24, 2.45) is 11.8 Å². The van der Waals surface area contributed by atoms with Crippen molar-refractivity contribution >= 4 is 0 Å². The van der Waals surface area contributed by atoms with Gasteiger partial charge in [0.25, 0.3) is 0 Å². The molecule has 0 aliphatic heterocycles. The zero-order valence-corrected chi connectivity index (χ0v) is 12.2. The Morgan fingerprint density at radius 1 is 1.00 bits per heavy atom. The average molecular weight is 227 g/mol. The summed E-state index contributed by atoms with van der Waals surface area (Å²) in [5.74, 6) is 1.73. The second-order valence-electron chi connectivity index (χ2n) is 5.72. The fourth-order valence-corrected chi connectivity index (χ4v) is 2.08. The molecule has 0 radical (unpaired) electrons. The van der Waals surface area contributed by atoms with E-state index in [-0.39, 0.29) is 0 Å². The van der Waals surface area contributed by atoms with Crippen molar-refractivity contribution in [3.05, 3.63) is 0 Å². The van der Waals surface area contributed by atoms with E-state index in [2.05, 4.69) is 39.9 Å². The topological polar surface area (TPSA) is 12.0 Å². The molecule has 2 atom stereocenters. The van der Waals surface area contributed by atoms with Crippen molar-refractivity contribution in [3.63, 3.8) is 0 Å². The first-order chi connectivity index (χ1) is 7.60. The Bertz CT molecular complexity index is 142. The van der Waals surface area contributed by atoms with Gasteiger partial charge in [-0.05, 0) is 37.6 Å². The fraction of sp³-hybridized carbons (Fsp3) is 1.00. The molecule has 0 aliphatic carbocycles. The molecule has 0 saturated heterocycles. The predicted octanol–water partition coefficient (Wildman–Crippen LogP) is 4.62. The highest BCUT2D eigenvalue weighted by Crippen LogP contribution is 2.16. The molecule has 0 spiro atoms. The van der Waals surface area contributed by atoms with Crippen LogP contribution >= 0.6 is 0 Å². The summed E-state index contributed by atoms with van der Waals surface area (Å²) in [6, 6.07) is 0.758. The minimum Gasteiger partial charge on any atom is -0.314 e. The summed E-state index contributed by atoms with van der Waals surface area (Å²) in [4.78, 5) is 0. The zero-order valence-electron chi connectivity index (χ0n) is 12.2. The maximum Gasteiger partial charge on any atom is 0.00695 e. The van der Waals surface area contributed by atoms with E-state index in [1.807, 2.05) is 0 Å². The van der Waals surface area contributed by atoms with Gasteiger partial charge in [0.2, 0.25) is 0 Å². The van der Waals surface area contributed by atoms with Gasteiger partial charge in [0.05, 0.1) is 0 Å². The van der Waals surface area contributed by atoms with E-state index in [1.165, 1.54) is 45.1 Å². The Morgan fingerprint density at radius 2 is 1.69 bits per heavy atom. The SMILES string of the molecule is CCCNC(CCCC(C)C)CC(C)CC. The maximum atomic E-state index is 3.71. The molecule has 1 heteroatoms. The smallest absolute Gasteiger partial charge is 0.00695 e. The van der Waals surface area contributed by atoms with Gasteiger partial charge in [0.15, 0.2) is 0 Å². The van der Waals surface area contributed by atoms with E-state index in [4.69, 9.17) is 0 Å². The molecule has 0 aliphatic rings. The van der Waals surface area contributed by atoms with Crippen molar-refractivity contribution in [2.75, 3.05) is 6.54 Å². The minimum atomic E-state index is 0.758. The highest BCUT2D eigenvalue weighted by atomic mass is 14.9. The quantitative estimate of drug-likeness (QED) is 0.574. The summed E-state index contributed by atoms with van der Waals surface area (Å²) < 4.78 is 0. The normalized spacial score (nSPS) is 15.4. The van der Waals surface area contributed by atoms with Gasteiger partial charge in [-0.3, -0.25) is 0 Å². The van der Waals surface area contributed by atoms with Gasteiger partial charge < -0.3 is 5.32 Å². The van der Waals surface area contributed by atoms with Crippen molar-refractivity contribution in [1.82, 2.24) is 5.32 Å². The fourth-order valence-electron chi connectivity index (χ4n) is 2.08. The predicted molar refractivity (Wildman–Crippen MR) is 74.8 cm³/mol. The standard InChI is InChI=1S/C15H33N/c1-6-11-16-15(12-14(5)7-2)10-8-9-13(3)4/h13-16H,6-12H2,1-5H3. The maximum absolute atomic E-state index is 3.71. The van der Waals surface area contributed by atoms with Crippen molar-refractivity contribution < 1.29 is 0 Å². The third kappa shape index (κ3) is 9.21. The van der Waals surface area contributed by atoms with Crippen LogP contribution in [0.5, 0.6) is 0 Å². The second-order valence-corrected chi connectivity index (χ2v) is 5.72. The highest BCUT2D eigenvalue weighted by Gasteiger charge is 2.11. The van der Waals surface area contributed by atoms with Gasteiger partial charge in [0.1, 0.15) is 0 Å². The average Bonchev–Trinajstić information content (AvgIpc) is 2.24. The van der Waals surface area contributed by atoms with Crippen LogP contribution in [0.3, 0.4) is 0 Å². The number of rotatable bonds is 10. The molecule has 1 N–H and O–H groups in total. The molecule has 0 heterocycles. The van der Waals surface area contributed by atoms with E-state index < -0.39 is 0 Å². The van der Waals surface area contributed by atoms with Crippen molar-refractivity contribution in [1.29, 1.82) is 0 Å². The minimum absolute atomic E-state index is 0.758. The van der Waals surface area contributed by atoms with Crippen LogP contribution in [0.25, 0.3) is 0 Å². The molecule has 0 aromatic carbocycles. The van der Waals surface area contributed by atoms with Crippen LogP contribution in [0.4, 0.5) is 0 Å². The second kappa shape index (κ2) is 10.1. The molecular formula is C15H33N. The van der Waals surface area contributed by atoms with Gasteiger partial charge >= 0.3 is 0 Å². The molecule has 0 fully saturated rings. The van der Waals surface area contributed by atoms with E-state index in [0.29, 0.717) is 0 Å². The van der Waals surface area contributed by atoms with Gasteiger partial charge in [-0.2, -0.15) is 0 Å². The third-order valence-corrected chi connectivity index (χ3v) is 3.40. The van der Waals surface area contributed by atoms with Gasteiger partial charge in [-0.25, -0.2) is 0 Å². The Morgan fingerprint density at radius 3 is 2.19 bits per heavy atom. The van der Waals surface area contributed by atoms with Crippen LogP contribution < -0.4 is 5.32 Å². The van der Waals surface area contributed by atoms with Crippen LogP contribution in [0.2, 0.25) is 0 Å². The number of nitrogens with one attached hydrogen (secondary N) is 1. The summed E-state index contributed by atoms with van der Waals surface area (Å²) in [5, 5.41) is 3.71. The summed E-state index contributed by atoms with van der Waals surface area (Å²) >= 11 is 0. The van der Waals surface area contributed by atoms with E-state index >= 15 is 0 Å². The highest BCUT2D eigenvalue weighted by molar-refractivity contribution is 4.70. The molecule has 2 unspecified atom stereocenters. The largest absolute Gasteiger partial charge is 0.314 e. The van der Waals surface area contributed by atoms with E-state index in [9.17, 15) is 0 Å². The van der Waals surface area contributed by atoms with E-state index in [1.54, 1.807) is 0 Å². The summed E-state index contributed by atoms with van der Waals surface area (Å²) in [7, 11) is 0. The van der Waals surface area contributed by atoms with Crippen LogP contribution in [0, 0.1) is 11.8 Å². The molecular weight excluding hydrogens is 194 g/mol. The van der Waals surface area contributed by atoms with Crippen LogP contribution in [-0.2, 0) is 0 Å². The summed E-state index contributed by atoms with van der Waals surface area (Å²) in [6.45, 7) is 12.8. The van der Waals surface area contributed by atoms with Gasteiger partial charge in [-0.1, -0.05) is 53.9 Å². The molecule has 0 bridgehead atoms. The summed E-state index contributed by atoms with van der Waals surface area (Å²) in [6.07, 6.45) is 8.05. The van der Waals surface area contributed by atoms with Gasteiger partial charge in [0, 0.05) is 6.04 Å². The first-order valence-corrected chi connectivity index (χ1v) is 7.33. The van der Waals surface area contributed by atoms with Crippen LogP contribution in [-0.4, -0.2) is 12.6 Å². The third-order valence-electron chi connectivity index (χ3n) is 3.40. The Hall–Kier alpha value is -0.0400. The lowest BCUT2D eigenvalue weighted by Crippen LogP contribution is -2.31. The molecule has 1 nitrogen and oxygen atoms in total. The molecule has 0 aromatic heterocycles. The van der Waals surface area contributed by atoms with Crippen molar-refractivity contribution in [2.45, 2.75) is 79.2 Å². The first kappa shape index (κ1) is 16.0. The molecule has 16 heavy (non-hydrogen) atoms. The van der Waals surface area contributed by atoms with Crippen LogP contribution in [0.15, 0.2) is 0 Å². The number of hydrogen-bond donors (Lipinski definition) is 1. The number of hydrogen-bond acceptors (Lipinski definition) is 1. The lowest BCUT2D eigenvalue weighted by molar-refractivity contribution is 0.360. The Kier molecular flexibility index (Phi) is 10.1. The van der Waals surface area contributed by atoms with Crippen LogP contribution in [0.1, 0.15) is 73.1 Å². The monoisotopic (exact) mass is 227 g/mol. The molecule has 0 rings (SSSR count). The molecule has 0 saturated carbocycles. The van der Waals surface area contributed by atoms with Crippen molar-refractivity contribution in [3.8, 4) is 0 Å². The summed E-state index contributed by atoms with van der Waals surface area (Å²) in [5.41, 5.74) is 0. The molecule has 98 valence electrons. The lowest BCUT2D eigenvalue weighted by atomic mass is 9.94. The lowest BCUT2D eigenvalue weighted by Gasteiger charge is -2.22. The van der Waals surface area contributed by atoms with Gasteiger partial charge in [-0.15, -0.1) is 0 Å². The Labute approximate surface area is 103 Å². The molecule has 0 amide bonds. The zero-order chi connectivity index (χ0) is 12.4. The molecule has 0 aromatic rings. The Balaban J connectivity index is 3.80. The first-order valence-electron chi connectivity index (χ1n) is 7.33. The van der Waals surface area contributed by atoms with E-state index in [0.717, 1.165) is 17.9 Å².